The van der Waals surface area contributed by atoms with Crippen molar-refractivity contribution in [2.75, 3.05) is 11.9 Å². The van der Waals surface area contributed by atoms with Crippen LogP contribution in [0, 0.1) is 18.8 Å². The third-order valence-electron chi connectivity index (χ3n) is 5.55. The van der Waals surface area contributed by atoms with Crippen LogP contribution in [0.25, 0.3) is 0 Å². The van der Waals surface area contributed by atoms with Crippen molar-refractivity contribution in [1.82, 2.24) is 0 Å². The minimum atomic E-state index is -0.195. The zero-order chi connectivity index (χ0) is 29.3. The number of amides is 1. The maximum Gasteiger partial charge on any atom is 0.255 e. The van der Waals surface area contributed by atoms with E-state index in [9.17, 15) is 14.4 Å². The highest BCUT2D eigenvalue weighted by Crippen LogP contribution is 2.22. The van der Waals surface area contributed by atoms with Crippen LogP contribution in [0.4, 0.5) is 5.69 Å². The van der Waals surface area contributed by atoms with Gasteiger partial charge in [0.2, 0.25) is 0 Å². The number of benzene rings is 2. The van der Waals surface area contributed by atoms with Crippen LogP contribution in [0.2, 0.25) is 0 Å². The second-order valence-electron chi connectivity index (χ2n) is 9.73. The molecule has 1 amide bonds. The van der Waals surface area contributed by atoms with Gasteiger partial charge in [-0.2, -0.15) is 0 Å². The van der Waals surface area contributed by atoms with Crippen LogP contribution in [-0.4, -0.2) is 30.4 Å². The summed E-state index contributed by atoms with van der Waals surface area (Å²) in [6.07, 6.45) is 4.00. The molecule has 0 aliphatic rings. The highest BCUT2D eigenvalue weighted by molar-refractivity contribution is 6.05. The molecule has 0 saturated heterocycles. The van der Waals surface area contributed by atoms with E-state index in [4.69, 9.17) is 9.53 Å². The molecule has 210 valence electrons. The zero-order valence-corrected chi connectivity index (χ0v) is 24.8. The van der Waals surface area contributed by atoms with E-state index in [1.165, 1.54) is 6.92 Å². The quantitative estimate of drug-likeness (QED) is 0.240. The molecule has 6 nitrogen and oxygen atoms in total. The second kappa shape index (κ2) is 18.9. The zero-order valence-electron chi connectivity index (χ0n) is 24.8. The molecule has 0 spiro atoms. The molecule has 2 rings (SSSR count). The number of aldehydes is 1. The Bertz CT molecular complexity index is 1040. The summed E-state index contributed by atoms with van der Waals surface area (Å²) in [4.78, 5) is 44.5. The maximum atomic E-state index is 12.6. The lowest BCUT2D eigenvalue weighted by Gasteiger charge is -2.13. The minimum Gasteiger partial charge on any atom is -0.494 e. The third kappa shape index (κ3) is 13.3. The van der Waals surface area contributed by atoms with E-state index >= 15 is 0 Å². The highest BCUT2D eigenvalue weighted by atomic mass is 16.5. The number of rotatable bonds is 11. The molecule has 0 aliphatic heterocycles. The topological polar surface area (TPSA) is 89.5 Å². The predicted molar refractivity (Wildman–Crippen MR) is 156 cm³/mol. The Labute approximate surface area is 229 Å². The van der Waals surface area contributed by atoms with Crippen LogP contribution in [0.3, 0.4) is 0 Å². The monoisotopic (exact) mass is 525 g/mol. The van der Waals surface area contributed by atoms with Crippen molar-refractivity contribution >= 4 is 29.4 Å². The molecule has 0 saturated carbocycles. The van der Waals surface area contributed by atoms with Crippen LogP contribution >= 0.6 is 0 Å². The van der Waals surface area contributed by atoms with E-state index in [0.29, 0.717) is 41.7 Å². The van der Waals surface area contributed by atoms with Crippen LogP contribution in [-0.2, 0) is 16.0 Å². The molecule has 0 bridgehead atoms. The van der Waals surface area contributed by atoms with Crippen molar-refractivity contribution in [2.24, 2.45) is 11.8 Å². The fraction of sp³-hybridized carbons (Fsp3) is 0.500. The van der Waals surface area contributed by atoms with E-state index in [1.807, 2.05) is 59.7 Å². The summed E-state index contributed by atoms with van der Waals surface area (Å²) in [7, 11) is 0. The van der Waals surface area contributed by atoms with E-state index in [1.54, 1.807) is 18.2 Å². The fourth-order valence-corrected chi connectivity index (χ4v) is 3.47. The number of ether oxygens (including phenoxy) is 1. The number of carbonyl (C=O) groups excluding carboxylic acids is 4. The lowest BCUT2D eigenvalue weighted by Crippen LogP contribution is -2.14. The largest absolute Gasteiger partial charge is 0.494 e. The highest BCUT2D eigenvalue weighted by Gasteiger charge is 2.16. The van der Waals surface area contributed by atoms with Gasteiger partial charge in [0.15, 0.2) is 5.78 Å². The van der Waals surface area contributed by atoms with Crippen molar-refractivity contribution in [3.05, 3.63) is 58.7 Å². The number of ketones is 2. The Hall–Kier alpha value is -3.28. The molecule has 2 aromatic carbocycles. The molecule has 6 heteroatoms. The van der Waals surface area contributed by atoms with E-state index in [-0.39, 0.29) is 17.6 Å². The van der Waals surface area contributed by atoms with Gasteiger partial charge in [-0.25, -0.2) is 0 Å². The van der Waals surface area contributed by atoms with Gasteiger partial charge in [0.25, 0.3) is 5.91 Å². The number of anilines is 1. The number of hydrogen-bond donors (Lipinski definition) is 1. The van der Waals surface area contributed by atoms with E-state index < -0.39 is 0 Å². The minimum absolute atomic E-state index is 0.0509. The molecule has 0 fully saturated rings. The van der Waals surface area contributed by atoms with Gasteiger partial charge in [-0.1, -0.05) is 41.5 Å². The molecule has 0 atom stereocenters. The Kier molecular flexibility index (Phi) is 17.3. The number of hydrogen-bond acceptors (Lipinski definition) is 5. The first-order valence-corrected chi connectivity index (χ1v) is 13.6. The van der Waals surface area contributed by atoms with Gasteiger partial charge in [0.05, 0.1) is 6.61 Å². The molecule has 0 heterocycles. The standard InChI is InChI=1S/C22H27NO3.C8H16O.C2H4O/c1-6-16-12-18(8-9-20(16)21(24)14(3)4)23-22(25)17-10-15(5)11-19(13-17)26-7-2;1-4-8(9)6-5-7(2)3;1-2-3/h8-14H,6-7H2,1-5H3,(H,23,25);7H,4-6H2,1-3H3;2H,1H3. The van der Waals surface area contributed by atoms with Crippen molar-refractivity contribution < 1.29 is 23.9 Å². The Morgan fingerprint density at radius 2 is 1.61 bits per heavy atom. The number of carbonyl (C=O) groups is 4. The Morgan fingerprint density at radius 3 is 2.11 bits per heavy atom. The summed E-state index contributed by atoms with van der Waals surface area (Å²) in [5.74, 6) is 1.62. The first-order valence-electron chi connectivity index (χ1n) is 13.6. The smallest absolute Gasteiger partial charge is 0.255 e. The van der Waals surface area contributed by atoms with Gasteiger partial charge in [-0.05, 0) is 87.1 Å². The Morgan fingerprint density at radius 1 is 0.974 bits per heavy atom. The molecule has 0 aromatic heterocycles. The van der Waals surface area contributed by atoms with Crippen molar-refractivity contribution in [2.45, 2.75) is 88.0 Å². The normalized spacial score (nSPS) is 10.1. The van der Waals surface area contributed by atoms with Crippen molar-refractivity contribution in [3.63, 3.8) is 0 Å². The predicted octanol–water partition coefficient (Wildman–Crippen LogP) is 7.65. The fourth-order valence-electron chi connectivity index (χ4n) is 3.47. The van der Waals surface area contributed by atoms with Gasteiger partial charge in [-0.15, -0.1) is 0 Å². The van der Waals surface area contributed by atoms with Crippen LogP contribution in [0.15, 0.2) is 36.4 Å². The number of aryl methyl sites for hydroxylation is 2. The summed E-state index contributed by atoms with van der Waals surface area (Å²) in [5, 5.41) is 2.92. The lowest BCUT2D eigenvalue weighted by molar-refractivity contribution is -0.119. The van der Waals surface area contributed by atoms with E-state index in [2.05, 4.69) is 19.2 Å². The van der Waals surface area contributed by atoms with E-state index in [0.717, 1.165) is 42.2 Å². The molecular formula is C32H47NO5. The van der Waals surface area contributed by atoms with Gasteiger partial charge >= 0.3 is 0 Å². The molecule has 0 aliphatic carbocycles. The number of Topliss-reactive ketones (excluding diaryl/α,β-unsaturated/α-hetero) is 2. The molecular weight excluding hydrogens is 478 g/mol. The van der Waals surface area contributed by atoms with Gasteiger partial charge < -0.3 is 14.8 Å². The molecule has 0 radical (unpaired) electrons. The van der Waals surface area contributed by atoms with Crippen molar-refractivity contribution in [3.8, 4) is 5.75 Å². The maximum absolute atomic E-state index is 12.6. The average molecular weight is 526 g/mol. The van der Waals surface area contributed by atoms with Gasteiger partial charge in [0, 0.05) is 35.6 Å². The summed E-state index contributed by atoms with van der Waals surface area (Å²) < 4.78 is 5.51. The Balaban J connectivity index is 0.000000956. The molecule has 0 unspecified atom stereocenters. The lowest BCUT2D eigenvalue weighted by atomic mass is 9.94. The molecule has 38 heavy (non-hydrogen) atoms. The number of nitrogens with one attached hydrogen (secondary N) is 1. The SMILES string of the molecule is CC=O.CCC(=O)CCC(C)C.CCOc1cc(C)cc(C(=O)Nc2ccc(C(=O)C(C)C)c(CC)c2)c1. The molecule has 2 aromatic rings. The van der Waals surface area contributed by atoms with Crippen LogP contribution in [0.1, 0.15) is 106 Å². The van der Waals surface area contributed by atoms with Crippen molar-refractivity contribution in [1.29, 1.82) is 0 Å². The summed E-state index contributed by atoms with van der Waals surface area (Å²) in [5.41, 5.74) is 3.88. The summed E-state index contributed by atoms with van der Waals surface area (Å²) in [6.45, 7) is 17.8. The third-order valence-corrected chi connectivity index (χ3v) is 5.55. The van der Waals surface area contributed by atoms with Crippen LogP contribution in [0.5, 0.6) is 5.75 Å². The molecule has 1 N–H and O–H groups in total. The van der Waals surface area contributed by atoms with Gasteiger partial charge in [0.1, 0.15) is 17.8 Å². The summed E-state index contributed by atoms with van der Waals surface area (Å²) in [6, 6.07) is 10.9. The summed E-state index contributed by atoms with van der Waals surface area (Å²) >= 11 is 0. The first kappa shape index (κ1) is 34.7. The first-order chi connectivity index (χ1) is 17.9. The average Bonchev–Trinajstić information content (AvgIpc) is 2.87. The second-order valence-corrected chi connectivity index (χ2v) is 9.73. The van der Waals surface area contributed by atoms with Crippen LogP contribution < -0.4 is 10.1 Å². The van der Waals surface area contributed by atoms with Gasteiger partial charge in [-0.3, -0.25) is 14.4 Å².